The van der Waals surface area contributed by atoms with Crippen molar-refractivity contribution in [2.24, 2.45) is 0 Å². The van der Waals surface area contributed by atoms with Crippen molar-refractivity contribution in [2.45, 2.75) is 29.9 Å². The molecule has 0 spiro atoms. The molecule has 0 unspecified atom stereocenters. The lowest BCUT2D eigenvalue weighted by atomic mass is 9.92. The van der Waals surface area contributed by atoms with Crippen molar-refractivity contribution in [2.75, 3.05) is 0 Å². The number of benzene rings is 1. The number of phenols is 1. The van der Waals surface area contributed by atoms with Crippen molar-refractivity contribution in [3.8, 4) is 5.75 Å². The number of carbonyl (C=O) groups excluding carboxylic acids is 1. The Kier molecular flexibility index (Phi) is 4.80. The quantitative estimate of drug-likeness (QED) is 0.586. The molecule has 0 bridgehead atoms. The van der Waals surface area contributed by atoms with Crippen LogP contribution >= 0.6 is 0 Å². The number of alkyl halides is 11. The van der Waals surface area contributed by atoms with Crippen LogP contribution in [0.15, 0.2) is 24.3 Å². The summed E-state index contributed by atoms with van der Waals surface area (Å²) in [6.45, 7) is 0. The van der Waals surface area contributed by atoms with Gasteiger partial charge in [0.25, 0.3) is 0 Å². The molecule has 0 amide bonds. The summed E-state index contributed by atoms with van der Waals surface area (Å²) in [7, 11) is 0. The smallest absolute Gasteiger partial charge is 0.460 e. The third-order valence-electron chi connectivity index (χ3n) is 2.97. The van der Waals surface area contributed by atoms with Crippen LogP contribution in [0.25, 0.3) is 0 Å². The largest absolute Gasteiger partial charge is 0.507 e. The van der Waals surface area contributed by atoms with Gasteiger partial charge in [-0.1, -0.05) is 12.1 Å². The molecule has 0 heterocycles. The fourth-order valence-electron chi connectivity index (χ4n) is 1.55. The van der Waals surface area contributed by atoms with Crippen molar-refractivity contribution < 1.29 is 58.2 Å². The molecule has 25 heavy (non-hydrogen) atoms. The summed E-state index contributed by atoms with van der Waals surface area (Å²) in [6, 6.07) is 2.35. The number of ketones is 1. The van der Waals surface area contributed by atoms with Crippen LogP contribution in [0, 0.1) is 0 Å². The first-order valence-electron chi connectivity index (χ1n) is 5.83. The van der Waals surface area contributed by atoms with E-state index >= 15 is 0 Å². The molecule has 0 fully saturated rings. The van der Waals surface area contributed by atoms with Gasteiger partial charge in [-0.05, 0) is 12.1 Å². The Morgan fingerprint density at radius 3 is 1.56 bits per heavy atom. The van der Waals surface area contributed by atoms with Crippen molar-refractivity contribution in [3.05, 3.63) is 29.8 Å². The van der Waals surface area contributed by atoms with E-state index in [0.717, 1.165) is 6.07 Å². The van der Waals surface area contributed by atoms with Crippen molar-refractivity contribution >= 4 is 5.78 Å². The van der Waals surface area contributed by atoms with Crippen molar-refractivity contribution in [1.29, 1.82) is 0 Å². The van der Waals surface area contributed by atoms with E-state index < -0.39 is 47.0 Å². The van der Waals surface area contributed by atoms with Crippen LogP contribution in [-0.2, 0) is 0 Å². The van der Waals surface area contributed by atoms with E-state index in [1.165, 1.54) is 0 Å². The number of para-hydroxylation sites is 1. The minimum Gasteiger partial charge on any atom is -0.507 e. The zero-order valence-electron chi connectivity index (χ0n) is 11.3. The Morgan fingerprint density at radius 2 is 1.16 bits per heavy atom. The zero-order valence-corrected chi connectivity index (χ0v) is 11.3. The molecule has 0 aliphatic carbocycles. The summed E-state index contributed by atoms with van der Waals surface area (Å²) in [6.07, 6.45) is -7.31. The third-order valence-corrected chi connectivity index (χ3v) is 2.97. The van der Waals surface area contributed by atoms with E-state index in [9.17, 15) is 53.1 Å². The van der Waals surface area contributed by atoms with Gasteiger partial charge in [0.1, 0.15) is 5.75 Å². The standard InChI is InChI=1S/C12H5F11O2/c13-8(14,7(25)5-3-1-2-4-6(5)24)9(15,16)10(17,18)11(19,20)12(21,22)23/h1-4,24H. The molecule has 2 nitrogen and oxygen atoms in total. The van der Waals surface area contributed by atoms with Crippen LogP contribution in [0.5, 0.6) is 5.75 Å². The highest BCUT2D eigenvalue weighted by atomic mass is 19.4. The van der Waals surface area contributed by atoms with E-state index in [0.29, 0.717) is 12.1 Å². The predicted octanol–water partition coefficient (Wildman–Crippen LogP) is 4.68. The third kappa shape index (κ3) is 2.88. The van der Waals surface area contributed by atoms with E-state index in [1.807, 2.05) is 0 Å². The number of aromatic hydroxyl groups is 1. The summed E-state index contributed by atoms with van der Waals surface area (Å²) >= 11 is 0. The second-order valence-corrected chi connectivity index (χ2v) is 4.64. The topological polar surface area (TPSA) is 37.3 Å². The number of rotatable bonds is 5. The monoisotopic (exact) mass is 390 g/mol. The van der Waals surface area contributed by atoms with Crippen LogP contribution in [0.4, 0.5) is 48.3 Å². The van der Waals surface area contributed by atoms with Crippen molar-refractivity contribution in [3.63, 3.8) is 0 Å². The summed E-state index contributed by atoms with van der Waals surface area (Å²) in [5, 5.41) is 9.09. The Hall–Kier alpha value is -2.08. The maximum atomic E-state index is 13.5. The van der Waals surface area contributed by atoms with Gasteiger partial charge in [0, 0.05) is 0 Å². The summed E-state index contributed by atoms with van der Waals surface area (Å²) < 4.78 is 141. The summed E-state index contributed by atoms with van der Waals surface area (Å²) in [4.78, 5) is 11.3. The first kappa shape index (κ1) is 21.0. The molecule has 0 radical (unpaired) electrons. The highest BCUT2D eigenvalue weighted by Gasteiger charge is 2.88. The van der Waals surface area contributed by atoms with Crippen LogP contribution in [0.2, 0.25) is 0 Å². The fraction of sp³-hybridized carbons (Fsp3) is 0.417. The maximum absolute atomic E-state index is 13.5. The van der Waals surface area contributed by atoms with E-state index in [-0.39, 0.29) is 6.07 Å². The normalized spacial score (nSPS) is 14.5. The molecular formula is C12H5F11O2. The number of phenolic OH excluding ortho intramolecular Hbond substituents is 1. The minimum absolute atomic E-state index is 0.252. The lowest BCUT2D eigenvalue weighted by molar-refractivity contribution is -0.415. The molecule has 0 atom stereocenters. The van der Waals surface area contributed by atoms with Gasteiger partial charge in [-0.3, -0.25) is 4.79 Å². The molecule has 1 aromatic rings. The van der Waals surface area contributed by atoms with Crippen molar-refractivity contribution in [1.82, 2.24) is 0 Å². The molecule has 1 N–H and O–H groups in total. The van der Waals surface area contributed by atoms with Gasteiger partial charge >= 0.3 is 29.9 Å². The average molecular weight is 390 g/mol. The second-order valence-electron chi connectivity index (χ2n) is 4.64. The molecule has 1 rings (SSSR count). The summed E-state index contributed by atoms with van der Waals surface area (Å²) in [5.74, 6) is -34.1. The molecule has 0 aliphatic heterocycles. The fourth-order valence-corrected chi connectivity index (χ4v) is 1.55. The minimum atomic E-state index is -7.68. The zero-order chi connectivity index (χ0) is 20.1. The van der Waals surface area contributed by atoms with Gasteiger partial charge in [0.2, 0.25) is 5.78 Å². The van der Waals surface area contributed by atoms with E-state index in [2.05, 4.69) is 0 Å². The van der Waals surface area contributed by atoms with Crippen LogP contribution < -0.4 is 0 Å². The van der Waals surface area contributed by atoms with Gasteiger partial charge < -0.3 is 5.11 Å². The lowest BCUT2D eigenvalue weighted by Crippen LogP contribution is -2.68. The van der Waals surface area contributed by atoms with Gasteiger partial charge in [-0.25, -0.2) is 0 Å². The SMILES string of the molecule is O=C(c1ccccc1O)C(F)(F)C(F)(F)C(F)(F)C(F)(F)C(F)(F)F. The molecule has 1 aromatic carbocycles. The number of hydrogen-bond donors (Lipinski definition) is 1. The molecule has 0 aliphatic rings. The maximum Gasteiger partial charge on any atom is 0.460 e. The Labute approximate surface area is 130 Å². The molecule has 0 saturated carbocycles. The lowest BCUT2D eigenvalue weighted by Gasteiger charge is -2.36. The Morgan fingerprint density at radius 1 is 0.720 bits per heavy atom. The molecule has 142 valence electrons. The molecule has 0 aromatic heterocycles. The first-order valence-corrected chi connectivity index (χ1v) is 5.83. The predicted molar refractivity (Wildman–Crippen MR) is 58.3 cm³/mol. The number of carbonyl (C=O) groups is 1. The second kappa shape index (κ2) is 5.73. The molecule has 13 heteroatoms. The van der Waals surface area contributed by atoms with Gasteiger partial charge in [0.05, 0.1) is 5.56 Å². The first-order chi connectivity index (χ1) is 10.9. The van der Waals surface area contributed by atoms with Crippen LogP contribution in [0.3, 0.4) is 0 Å². The Bertz CT molecular complexity index is 663. The van der Waals surface area contributed by atoms with Gasteiger partial charge in [-0.2, -0.15) is 48.3 Å². The van der Waals surface area contributed by atoms with Gasteiger partial charge in [-0.15, -0.1) is 0 Å². The average Bonchev–Trinajstić information content (AvgIpc) is 2.45. The summed E-state index contributed by atoms with van der Waals surface area (Å²) in [5.41, 5.74) is -1.68. The molecule has 0 saturated heterocycles. The van der Waals surface area contributed by atoms with Gasteiger partial charge in [0.15, 0.2) is 0 Å². The van der Waals surface area contributed by atoms with E-state index in [1.54, 1.807) is 0 Å². The number of Topliss-reactive ketones (excluding diaryl/α,β-unsaturated/α-hetero) is 1. The van der Waals surface area contributed by atoms with E-state index in [4.69, 9.17) is 5.11 Å². The Balaban J connectivity index is 3.49. The molecular weight excluding hydrogens is 385 g/mol. The van der Waals surface area contributed by atoms with Crippen LogP contribution in [-0.4, -0.2) is 40.8 Å². The number of halogens is 11. The highest BCUT2D eigenvalue weighted by molar-refractivity contribution is 6.04. The highest BCUT2D eigenvalue weighted by Crippen LogP contribution is 2.57. The number of hydrogen-bond acceptors (Lipinski definition) is 2. The van der Waals surface area contributed by atoms with Crippen LogP contribution in [0.1, 0.15) is 10.4 Å².